The molecular weight excluding hydrogens is 202 g/mol. The minimum atomic E-state index is 0.300. The average molecular weight is 225 g/mol. The van der Waals surface area contributed by atoms with Crippen LogP contribution in [0.4, 0.5) is 0 Å². The molecule has 1 heterocycles. The molecule has 0 aliphatic carbocycles. The van der Waals surface area contributed by atoms with E-state index in [-0.39, 0.29) is 0 Å². The molecule has 0 aliphatic rings. The van der Waals surface area contributed by atoms with Crippen LogP contribution in [0.2, 0.25) is 0 Å². The molecule has 1 aromatic rings. The highest BCUT2D eigenvalue weighted by atomic mass is 32.1. The summed E-state index contributed by atoms with van der Waals surface area (Å²) >= 11 is 1.87. The van der Waals surface area contributed by atoms with E-state index in [9.17, 15) is 0 Å². The summed E-state index contributed by atoms with van der Waals surface area (Å²) < 4.78 is 0. The molecule has 0 aliphatic heterocycles. The van der Waals surface area contributed by atoms with Crippen molar-refractivity contribution in [3.05, 3.63) is 22.4 Å². The molecule has 15 heavy (non-hydrogen) atoms. The van der Waals surface area contributed by atoms with E-state index >= 15 is 0 Å². The number of hydrogen-bond donors (Lipinski definition) is 1. The maximum absolute atomic E-state index is 3.55. The fourth-order valence-corrected chi connectivity index (χ4v) is 2.86. The fraction of sp³-hybridized carbons (Fsp3) is 0.692. The van der Waals surface area contributed by atoms with Gasteiger partial charge in [0.05, 0.1) is 0 Å². The topological polar surface area (TPSA) is 12.0 Å². The van der Waals surface area contributed by atoms with Crippen molar-refractivity contribution in [3.8, 4) is 0 Å². The quantitative estimate of drug-likeness (QED) is 0.776. The summed E-state index contributed by atoms with van der Waals surface area (Å²) in [7, 11) is 0. The Bertz CT molecular complexity index is 264. The first kappa shape index (κ1) is 12.7. The van der Waals surface area contributed by atoms with Crippen molar-refractivity contribution in [2.45, 2.75) is 52.0 Å². The van der Waals surface area contributed by atoms with E-state index in [1.807, 2.05) is 11.3 Å². The molecule has 0 bridgehead atoms. The van der Waals surface area contributed by atoms with Crippen molar-refractivity contribution in [3.63, 3.8) is 0 Å². The first-order valence-electron chi connectivity index (χ1n) is 5.83. The summed E-state index contributed by atoms with van der Waals surface area (Å²) in [6.45, 7) is 10.3. The van der Waals surface area contributed by atoms with E-state index < -0.39 is 0 Å². The third kappa shape index (κ3) is 3.96. The van der Waals surface area contributed by atoms with Gasteiger partial charge in [-0.05, 0) is 37.8 Å². The van der Waals surface area contributed by atoms with Gasteiger partial charge in [0, 0.05) is 16.3 Å². The van der Waals surface area contributed by atoms with E-state index in [2.05, 4.69) is 50.5 Å². The van der Waals surface area contributed by atoms with Crippen LogP contribution in [0.1, 0.15) is 45.4 Å². The molecule has 0 radical (unpaired) electrons. The highest BCUT2D eigenvalue weighted by molar-refractivity contribution is 7.10. The molecule has 0 amide bonds. The van der Waals surface area contributed by atoms with Crippen LogP contribution in [-0.2, 0) is 5.41 Å². The molecule has 1 aromatic heterocycles. The van der Waals surface area contributed by atoms with E-state index in [1.54, 1.807) is 0 Å². The predicted molar refractivity (Wildman–Crippen MR) is 69.7 cm³/mol. The Morgan fingerprint density at radius 3 is 2.73 bits per heavy atom. The Morgan fingerprint density at radius 1 is 1.47 bits per heavy atom. The van der Waals surface area contributed by atoms with Crippen molar-refractivity contribution < 1.29 is 0 Å². The lowest BCUT2D eigenvalue weighted by atomic mass is 9.84. The largest absolute Gasteiger partial charge is 0.314 e. The fourth-order valence-electron chi connectivity index (χ4n) is 1.99. The zero-order chi connectivity index (χ0) is 11.3. The lowest BCUT2D eigenvalue weighted by molar-refractivity contribution is 0.395. The van der Waals surface area contributed by atoms with Crippen LogP contribution in [0, 0.1) is 0 Å². The normalized spacial score (nSPS) is 14.1. The number of rotatable bonds is 6. The molecule has 1 nitrogen and oxygen atoms in total. The second-order valence-electron chi connectivity index (χ2n) is 4.92. The van der Waals surface area contributed by atoms with Crippen LogP contribution in [0.25, 0.3) is 0 Å². The summed E-state index contributed by atoms with van der Waals surface area (Å²) in [5.74, 6) is 0. The van der Waals surface area contributed by atoms with Crippen LogP contribution < -0.4 is 5.32 Å². The van der Waals surface area contributed by atoms with Crippen molar-refractivity contribution in [2.24, 2.45) is 0 Å². The van der Waals surface area contributed by atoms with Gasteiger partial charge in [0.1, 0.15) is 0 Å². The molecular formula is C13H23NS. The Labute approximate surface area is 97.9 Å². The SMILES string of the molecule is CCCNC(C)CC(C)(C)c1cccs1. The Hall–Kier alpha value is -0.340. The summed E-state index contributed by atoms with van der Waals surface area (Å²) in [5, 5.41) is 5.72. The second kappa shape index (κ2) is 5.66. The molecule has 1 N–H and O–H groups in total. The van der Waals surface area contributed by atoms with Crippen molar-refractivity contribution in [2.75, 3.05) is 6.54 Å². The predicted octanol–water partition coefficient (Wildman–Crippen LogP) is 3.80. The van der Waals surface area contributed by atoms with Crippen molar-refractivity contribution in [1.29, 1.82) is 0 Å². The van der Waals surface area contributed by atoms with Crippen LogP contribution in [0.3, 0.4) is 0 Å². The highest BCUT2D eigenvalue weighted by Gasteiger charge is 2.23. The molecule has 0 spiro atoms. The Kier molecular flexibility index (Phi) is 4.81. The molecule has 1 atom stereocenters. The summed E-state index contributed by atoms with van der Waals surface area (Å²) in [6, 6.07) is 4.99. The second-order valence-corrected chi connectivity index (χ2v) is 5.87. The van der Waals surface area contributed by atoms with Gasteiger partial charge in [-0.15, -0.1) is 11.3 Å². The summed E-state index contributed by atoms with van der Waals surface area (Å²) in [6.07, 6.45) is 2.41. The summed E-state index contributed by atoms with van der Waals surface area (Å²) in [4.78, 5) is 1.49. The van der Waals surface area contributed by atoms with Crippen molar-refractivity contribution >= 4 is 11.3 Å². The highest BCUT2D eigenvalue weighted by Crippen LogP contribution is 2.31. The lowest BCUT2D eigenvalue weighted by Gasteiger charge is -2.27. The molecule has 1 rings (SSSR count). The van der Waals surface area contributed by atoms with E-state index in [0.29, 0.717) is 11.5 Å². The van der Waals surface area contributed by atoms with E-state index in [0.717, 1.165) is 6.54 Å². The first-order chi connectivity index (χ1) is 7.06. The number of thiophene rings is 1. The van der Waals surface area contributed by atoms with Gasteiger partial charge in [-0.25, -0.2) is 0 Å². The van der Waals surface area contributed by atoms with Gasteiger partial charge in [-0.3, -0.25) is 0 Å². The Balaban J connectivity index is 2.49. The molecule has 0 aromatic carbocycles. The monoisotopic (exact) mass is 225 g/mol. The van der Waals surface area contributed by atoms with Crippen LogP contribution in [0.15, 0.2) is 17.5 Å². The molecule has 2 heteroatoms. The summed E-state index contributed by atoms with van der Waals surface area (Å²) in [5.41, 5.74) is 0.300. The minimum absolute atomic E-state index is 0.300. The number of nitrogens with one attached hydrogen (secondary N) is 1. The molecule has 0 saturated carbocycles. The molecule has 0 saturated heterocycles. The lowest BCUT2D eigenvalue weighted by Crippen LogP contribution is -2.33. The Morgan fingerprint density at radius 2 is 2.20 bits per heavy atom. The maximum Gasteiger partial charge on any atom is 0.0102 e. The van der Waals surface area contributed by atoms with Gasteiger partial charge in [0.25, 0.3) is 0 Å². The van der Waals surface area contributed by atoms with Gasteiger partial charge >= 0.3 is 0 Å². The van der Waals surface area contributed by atoms with Crippen LogP contribution >= 0.6 is 11.3 Å². The van der Waals surface area contributed by atoms with E-state index in [1.165, 1.54) is 17.7 Å². The standard InChI is InChI=1S/C13H23NS/c1-5-8-14-11(2)10-13(3,4)12-7-6-9-15-12/h6-7,9,11,14H,5,8,10H2,1-4H3. The molecule has 1 unspecified atom stereocenters. The maximum atomic E-state index is 3.55. The van der Waals surface area contributed by atoms with Gasteiger partial charge in [0.2, 0.25) is 0 Å². The average Bonchev–Trinajstić information content (AvgIpc) is 2.67. The zero-order valence-electron chi connectivity index (χ0n) is 10.3. The van der Waals surface area contributed by atoms with Gasteiger partial charge in [0.15, 0.2) is 0 Å². The minimum Gasteiger partial charge on any atom is -0.314 e. The number of hydrogen-bond acceptors (Lipinski definition) is 2. The molecule has 0 fully saturated rings. The van der Waals surface area contributed by atoms with Gasteiger partial charge in [-0.2, -0.15) is 0 Å². The third-order valence-electron chi connectivity index (χ3n) is 2.75. The van der Waals surface area contributed by atoms with Crippen molar-refractivity contribution in [1.82, 2.24) is 5.32 Å². The molecule has 86 valence electrons. The van der Waals surface area contributed by atoms with Gasteiger partial charge < -0.3 is 5.32 Å². The van der Waals surface area contributed by atoms with E-state index in [4.69, 9.17) is 0 Å². The third-order valence-corrected chi connectivity index (χ3v) is 3.98. The van der Waals surface area contributed by atoms with Crippen LogP contribution in [-0.4, -0.2) is 12.6 Å². The van der Waals surface area contributed by atoms with Gasteiger partial charge in [-0.1, -0.05) is 26.8 Å². The first-order valence-corrected chi connectivity index (χ1v) is 6.71. The van der Waals surface area contributed by atoms with Crippen LogP contribution in [0.5, 0.6) is 0 Å². The smallest absolute Gasteiger partial charge is 0.0102 e. The zero-order valence-corrected chi connectivity index (χ0v) is 11.2.